The lowest BCUT2D eigenvalue weighted by molar-refractivity contribution is -0.141. The summed E-state index contributed by atoms with van der Waals surface area (Å²) in [6, 6.07) is 22.9. The molecule has 39 heavy (non-hydrogen) atoms. The number of rotatable bonds is 14. The van der Waals surface area contributed by atoms with Crippen LogP contribution in [-0.2, 0) is 43.9 Å². The van der Waals surface area contributed by atoms with E-state index >= 15 is 0 Å². The molecule has 0 aliphatic carbocycles. The Labute approximate surface area is 229 Å². The Hall–Kier alpha value is -3.60. The number of carbonyl (C=O) groups excluding carboxylic acids is 2. The standard InChI is InChI=1S/C29H34FN3O5S/c1-38-18-17-31-29(35)27(19-23-9-5-3-6-10-23)33(21-25-13-15-26(30)16-14-25)28(34)22-32(39(2,36)37)20-24-11-7-4-8-12-24/h3-16,27H,17-22H2,1-2H3,(H,31,35)/t27-/m1/s1. The molecule has 1 atom stereocenters. The van der Waals surface area contributed by atoms with E-state index < -0.39 is 40.2 Å². The summed E-state index contributed by atoms with van der Waals surface area (Å²) in [4.78, 5) is 28.7. The molecule has 10 heteroatoms. The quantitative estimate of drug-likeness (QED) is 0.309. The number of nitrogens with one attached hydrogen (secondary N) is 1. The van der Waals surface area contributed by atoms with Gasteiger partial charge in [0.05, 0.1) is 19.4 Å². The number of amides is 2. The summed E-state index contributed by atoms with van der Waals surface area (Å²) in [5.41, 5.74) is 2.14. The van der Waals surface area contributed by atoms with Crippen LogP contribution in [0.3, 0.4) is 0 Å². The lowest BCUT2D eigenvalue weighted by atomic mass is 10.0. The lowest BCUT2D eigenvalue weighted by Crippen LogP contribution is -2.53. The number of halogens is 1. The first-order chi connectivity index (χ1) is 18.7. The lowest BCUT2D eigenvalue weighted by Gasteiger charge is -2.33. The van der Waals surface area contributed by atoms with Gasteiger partial charge in [0, 0.05) is 33.2 Å². The summed E-state index contributed by atoms with van der Waals surface area (Å²) >= 11 is 0. The molecular formula is C29H34FN3O5S. The summed E-state index contributed by atoms with van der Waals surface area (Å²) in [6.07, 6.45) is 1.25. The second kappa shape index (κ2) is 14.5. The van der Waals surface area contributed by atoms with Gasteiger partial charge in [-0.15, -0.1) is 0 Å². The Morgan fingerprint density at radius 1 is 0.872 bits per heavy atom. The van der Waals surface area contributed by atoms with Gasteiger partial charge in [0.25, 0.3) is 0 Å². The zero-order chi connectivity index (χ0) is 28.3. The number of benzene rings is 3. The van der Waals surface area contributed by atoms with Gasteiger partial charge in [0.1, 0.15) is 11.9 Å². The van der Waals surface area contributed by atoms with Crippen molar-refractivity contribution in [3.05, 3.63) is 107 Å². The van der Waals surface area contributed by atoms with Gasteiger partial charge in [-0.2, -0.15) is 4.31 Å². The highest BCUT2D eigenvalue weighted by atomic mass is 32.2. The van der Waals surface area contributed by atoms with Crippen molar-refractivity contribution in [2.24, 2.45) is 0 Å². The van der Waals surface area contributed by atoms with Gasteiger partial charge in [-0.1, -0.05) is 72.8 Å². The molecule has 1 N–H and O–H groups in total. The predicted octanol–water partition coefficient (Wildman–Crippen LogP) is 2.99. The van der Waals surface area contributed by atoms with Gasteiger partial charge in [0.2, 0.25) is 21.8 Å². The fourth-order valence-corrected chi connectivity index (χ4v) is 4.78. The molecule has 0 aliphatic rings. The number of carbonyl (C=O) groups is 2. The molecule has 0 saturated heterocycles. The van der Waals surface area contributed by atoms with Gasteiger partial charge in [-0.25, -0.2) is 12.8 Å². The maximum absolute atomic E-state index is 13.9. The van der Waals surface area contributed by atoms with E-state index in [9.17, 15) is 22.4 Å². The molecule has 0 unspecified atom stereocenters. The molecule has 3 aromatic carbocycles. The number of hydrogen-bond donors (Lipinski definition) is 1. The zero-order valence-corrected chi connectivity index (χ0v) is 22.9. The topological polar surface area (TPSA) is 96.0 Å². The summed E-state index contributed by atoms with van der Waals surface area (Å²) in [7, 11) is -2.26. The Balaban J connectivity index is 1.97. The third kappa shape index (κ3) is 9.58. The third-order valence-electron chi connectivity index (χ3n) is 6.13. The molecule has 0 radical (unpaired) electrons. The Morgan fingerprint density at radius 2 is 1.44 bits per heavy atom. The maximum atomic E-state index is 13.9. The van der Waals surface area contributed by atoms with Gasteiger partial charge in [-0.3, -0.25) is 9.59 Å². The largest absolute Gasteiger partial charge is 0.383 e. The monoisotopic (exact) mass is 555 g/mol. The first-order valence-corrected chi connectivity index (χ1v) is 14.4. The van der Waals surface area contributed by atoms with Crippen LogP contribution in [0.2, 0.25) is 0 Å². The number of methoxy groups -OCH3 is 1. The molecule has 0 aromatic heterocycles. The first-order valence-electron chi connectivity index (χ1n) is 12.5. The molecule has 0 bridgehead atoms. The van der Waals surface area contributed by atoms with E-state index in [2.05, 4.69) is 5.32 Å². The van der Waals surface area contributed by atoms with E-state index in [0.717, 1.165) is 21.7 Å². The molecule has 2 amide bonds. The maximum Gasteiger partial charge on any atom is 0.243 e. The van der Waals surface area contributed by atoms with Crippen molar-refractivity contribution >= 4 is 21.8 Å². The van der Waals surface area contributed by atoms with Crippen LogP contribution in [0.1, 0.15) is 16.7 Å². The van der Waals surface area contributed by atoms with Crippen LogP contribution >= 0.6 is 0 Å². The van der Waals surface area contributed by atoms with Crippen LogP contribution in [0.4, 0.5) is 4.39 Å². The van der Waals surface area contributed by atoms with Crippen molar-refractivity contribution < 1.29 is 27.1 Å². The Bertz CT molecular complexity index is 1310. The van der Waals surface area contributed by atoms with Crippen LogP contribution in [0, 0.1) is 5.82 Å². The SMILES string of the molecule is COCCNC(=O)[C@@H](Cc1ccccc1)N(Cc1ccc(F)cc1)C(=O)CN(Cc1ccccc1)S(C)(=O)=O. The molecule has 8 nitrogen and oxygen atoms in total. The van der Waals surface area contributed by atoms with Gasteiger partial charge in [-0.05, 0) is 28.8 Å². The van der Waals surface area contributed by atoms with Crippen molar-refractivity contribution in [1.82, 2.24) is 14.5 Å². The van der Waals surface area contributed by atoms with Crippen molar-refractivity contribution in [2.75, 3.05) is 33.1 Å². The normalized spacial score (nSPS) is 12.2. The summed E-state index contributed by atoms with van der Waals surface area (Å²) < 4.78 is 45.1. The number of ether oxygens (including phenoxy) is 1. The van der Waals surface area contributed by atoms with Gasteiger partial charge < -0.3 is 15.0 Å². The van der Waals surface area contributed by atoms with E-state index in [1.165, 1.54) is 36.3 Å². The van der Waals surface area contributed by atoms with E-state index in [0.29, 0.717) is 5.56 Å². The molecule has 0 spiro atoms. The van der Waals surface area contributed by atoms with Crippen LogP contribution < -0.4 is 5.32 Å². The minimum Gasteiger partial charge on any atom is -0.383 e. The molecule has 208 valence electrons. The van der Waals surface area contributed by atoms with Gasteiger partial charge in [0.15, 0.2) is 0 Å². The van der Waals surface area contributed by atoms with E-state index in [1.807, 2.05) is 36.4 Å². The van der Waals surface area contributed by atoms with Crippen LogP contribution in [0.15, 0.2) is 84.9 Å². The van der Waals surface area contributed by atoms with Crippen LogP contribution in [0.5, 0.6) is 0 Å². The fraction of sp³-hybridized carbons (Fsp3) is 0.310. The molecule has 0 aliphatic heterocycles. The smallest absolute Gasteiger partial charge is 0.243 e. The van der Waals surface area contributed by atoms with Gasteiger partial charge >= 0.3 is 0 Å². The van der Waals surface area contributed by atoms with Crippen LogP contribution in [0.25, 0.3) is 0 Å². The number of hydrogen-bond acceptors (Lipinski definition) is 5. The minimum absolute atomic E-state index is 0.000805. The number of nitrogens with zero attached hydrogens (tertiary/aromatic N) is 2. The highest BCUT2D eigenvalue weighted by molar-refractivity contribution is 7.88. The van der Waals surface area contributed by atoms with Crippen molar-refractivity contribution in [1.29, 1.82) is 0 Å². The van der Waals surface area contributed by atoms with Crippen molar-refractivity contribution in [3.8, 4) is 0 Å². The first kappa shape index (κ1) is 29.9. The minimum atomic E-state index is -3.77. The Morgan fingerprint density at radius 3 is 2.00 bits per heavy atom. The van der Waals surface area contributed by atoms with Crippen molar-refractivity contribution in [3.63, 3.8) is 0 Å². The number of sulfonamides is 1. The van der Waals surface area contributed by atoms with Crippen molar-refractivity contribution in [2.45, 2.75) is 25.6 Å². The fourth-order valence-electron chi connectivity index (χ4n) is 4.05. The molecule has 0 heterocycles. The molecule has 0 fully saturated rings. The average molecular weight is 556 g/mol. The molecular weight excluding hydrogens is 521 g/mol. The van der Waals surface area contributed by atoms with E-state index in [1.54, 1.807) is 24.3 Å². The average Bonchev–Trinajstić information content (AvgIpc) is 2.92. The van der Waals surface area contributed by atoms with E-state index in [-0.39, 0.29) is 32.7 Å². The third-order valence-corrected chi connectivity index (χ3v) is 7.32. The van der Waals surface area contributed by atoms with Crippen LogP contribution in [-0.4, -0.2) is 68.5 Å². The molecule has 3 rings (SSSR count). The highest BCUT2D eigenvalue weighted by Gasteiger charge is 2.32. The summed E-state index contributed by atoms with van der Waals surface area (Å²) in [5, 5.41) is 2.81. The Kier molecular flexibility index (Phi) is 11.2. The molecule has 3 aromatic rings. The molecule has 0 saturated carbocycles. The second-order valence-electron chi connectivity index (χ2n) is 9.15. The summed E-state index contributed by atoms with van der Waals surface area (Å²) in [6.45, 7) is 0.0410. The van der Waals surface area contributed by atoms with E-state index in [4.69, 9.17) is 4.74 Å². The highest BCUT2D eigenvalue weighted by Crippen LogP contribution is 2.17. The second-order valence-corrected chi connectivity index (χ2v) is 11.1. The predicted molar refractivity (Wildman–Crippen MR) is 147 cm³/mol. The summed E-state index contributed by atoms with van der Waals surface area (Å²) in [5.74, 6) is -1.38. The zero-order valence-electron chi connectivity index (χ0n) is 22.1.